The molecule has 1 aliphatic rings. The summed E-state index contributed by atoms with van der Waals surface area (Å²) < 4.78 is 7.75. The summed E-state index contributed by atoms with van der Waals surface area (Å²) in [4.78, 5) is 4.76. The highest BCUT2D eigenvalue weighted by atomic mass is 35.5. The lowest BCUT2D eigenvalue weighted by Gasteiger charge is -2.13. The first-order valence-electron chi connectivity index (χ1n) is 7.34. The molecule has 108 valence electrons. The summed E-state index contributed by atoms with van der Waals surface area (Å²) in [6.45, 7) is 6.88. The van der Waals surface area contributed by atoms with Crippen molar-refractivity contribution in [3.63, 3.8) is 0 Å². The number of nitrogens with zero attached hydrogens (tertiary/aromatic N) is 2. The SMILES string of the molecule is Cc1cccc2c1nc(C(C)Cl)n2CCC1CCOC1. The van der Waals surface area contributed by atoms with Crippen LogP contribution in [0.15, 0.2) is 18.2 Å². The van der Waals surface area contributed by atoms with Crippen molar-refractivity contribution >= 4 is 22.6 Å². The number of rotatable bonds is 4. The van der Waals surface area contributed by atoms with E-state index in [0.29, 0.717) is 5.92 Å². The molecule has 1 saturated heterocycles. The summed E-state index contributed by atoms with van der Waals surface area (Å²) in [5, 5.41) is -0.0679. The highest BCUT2D eigenvalue weighted by Crippen LogP contribution is 2.28. The van der Waals surface area contributed by atoms with E-state index >= 15 is 0 Å². The van der Waals surface area contributed by atoms with Crippen LogP contribution in [0.1, 0.15) is 36.5 Å². The Hall–Kier alpha value is -1.06. The van der Waals surface area contributed by atoms with E-state index in [1.54, 1.807) is 0 Å². The van der Waals surface area contributed by atoms with E-state index in [4.69, 9.17) is 21.3 Å². The molecule has 0 radical (unpaired) electrons. The van der Waals surface area contributed by atoms with E-state index < -0.39 is 0 Å². The van der Waals surface area contributed by atoms with Gasteiger partial charge in [0.15, 0.2) is 0 Å². The van der Waals surface area contributed by atoms with Crippen molar-refractivity contribution < 1.29 is 4.74 Å². The zero-order valence-corrected chi connectivity index (χ0v) is 12.9. The normalized spacial score (nSPS) is 20.6. The van der Waals surface area contributed by atoms with Gasteiger partial charge in [0, 0.05) is 19.8 Å². The van der Waals surface area contributed by atoms with E-state index in [2.05, 4.69) is 29.7 Å². The fourth-order valence-electron chi connectivity index (χ4n) is 2.97. The summed E-state index contributed by atoms with van der Waals surface area (Å²) in [6, 6.07) is 6.34. The molecule has 0 spiro atoms. The Morgan fingerprint density at radius 2 is 2.35 bits per heavy atom. The van der Waals surface area contributed by atoms with E-state index in [-0.39, 0.29) is 5.38 Å². The molecule has 1 aromatic heterocycles. The number of aromatic nitrogens is 2. The van der Waals surface area contributed by atoms with Crippen LogP contribution in [0.25, 0.3) is 11.0 Å². The molecule has 3 nitrogen and oxygen atoms in total. The van der Waals surface area contributed by atoms with Gasteiger partial charge in [0.25, 0.3) is 0 Å². The van der Waals surface area contributed by atoms with Gasteiger partial charge in [-0.2, -0.15) is 0 Å². The summed E-state index contributed by atoms with van der Waals surface area (Å²) in [6.07, 6.45) is 2.31. The molecule has 2 aromatic rings. The van der Waals surface area contributed by atoms with Crippen LogP contribution >= 0.6 is 11.6 Å². The Morgan fingerprint density at radius 3 is 3.05 bits per heavy atom. The van der Waals surface area contributed by atoms with Crippen LogP contribution in [0.4, 0.5) is 0 Å². The zero-order valence-electron chi connectivity index (χ0n) is 12.1. The minimum Gasteiger partial charge on any atom is -0.381 e. The van der Waals surface area contributed by atoms with Crippen LogP contribution < -0.4 is 0 Å². The van der Waals surface area contributed by atoms with Crippen LogP contribution in [0.5, 0.6) is 0 Å². The molecule has 2 atom stereocenters. The second-order valence-electron chi connectivity index (χ2n) is 5.70. The van der Waals surface area contributed by atoms with Crippen LogP contribution in [-0.4, -0.2) is 22.8 Å². The van der Waals surface area contributed by atoms with Gasteiger partial charge in [-0.15, -0.1) is 11.6 Å². The molecule has 0 N–H and O–H groups in total. The van der Waals surface area contributed by atoms with Crippen LogP contribution in [0, 0.1) is 12.8 Å². The van der Waals surface area contributed by atoms with Crippen molar-refractivity contribution in [1.29, 1.82) is 0 Å². The maximum atomic E-state index is 6.32. The first-order valence-corrected chi connectivity index (χ1v) is 7.78. The topological polar surface area (TPSA) is 27.1 Å². The van der Waals surface area contributed by atoms with Gasteiger partial charge >= 0.3 is 0 Å². The van der Waals surface area contributed by atoms with Crippen molar-refractivity contribution in [2.45, 2.75) is 38.6 Å². The third-order valence-corrected chi connectivity index (χ3v) is 4.35. The van der Waals surface area contributed by atoms with Crippen molar-refractivity contribution in [3.05, 3.63) is 29.6 Å². The lowest BCUT2D eigenvalue weighted by Crippen LogP contribution is -2.09. The second kappa shape index (κ2) is 5.74. The standard InChI is InChI=1S/C16H21ClN2O/c1-11-4-3-5-14-15(11)18-16(12(2)17)19(14)8-6-13-7-9-20-10-13/h3-5,12-13H,6-10H2,1-2H3. The van der Waals surface area contributed by atoms with Crippen molar-refractivity contribution in [2.24, 2.45) is 5.92 Å². The molecule has 20 heavy (non-hydrogen) atoms. The summed E-state index contributed by atoms with van der Waals surface area (Å²) in [7, 11) is 0. The minimum atomic E-state index is -0.0679. The smallest absolute Gasteiger partial charge is 0.127 e. The number of halogens is 1. The first-order chi connectivity index (χ1) is 9.66. The van der Waals surface area contributed by atoms with Gasteiger partial charge < -0.3 is 9.30 Å². The molecular weight excluding hydrogens is 272 g/mol. The van der Waals surface area contributed by atoms with Gasteiger partial charge in [0.1, 0.15) is 5.82 Å². The number of ether oxygens (including phenoxy) is 1. The minimum absolute atomic E-state index is 0.0679. The number of fused-ring (bicyclic) bond motifs is 1. The van der Waals surface area contributed by atoms with Crippen LogP contribution in [0.2, 0.25) is 0 Å². The van der Waals surface area contributed by atoms with Gasteiger partial charge in [-0.3, -0.25) is 0 Å². The number of hydrogen-bond acceptors (Lipinski definition) is 2. The highest BCUT2D eigenvalue weighted by Gasteiger charge is 2.19. The number of aryl methyl sites for hydroxylation is 2. The van der Waals surface area contributed by atoms with E-state index in [1.165, 1.54) is 17.5 Å². The molecule has 2 unspecified atom stereocenters. The quantitative estimate of drug-likeness (QED) is 0.794. The van der Waals surface area contributed by atoms with Crippen molar-refractivity contribution in [2.75, 3.05) is 13.2 Å². The molecule has 0 bridgehead atoms. The van der Waals surface area contributed by atoms with Crippen molar-refractivity contribution in [3.8, 4) is 0 Å². The number of alkyl halides is 1. The predicted octanol–water partition coefficient (Wildman–Crippen LogP) is 4.07. The third-order valence-electron chi connectivity index (χ3n) is 4.15. The van der Waals surface area contributed by atoms with Gasteiger partial charge in [-0.1, -0.05) is 12.1 Å². The number of para-hydroxylation sites is 1. The molecule has 1 aromatic carbocycles. The summed E-state index contributed by atoms with van der Waals surface area (Å²) in [5.41, 5.74) is 3.49. The molecule has 1 aliphatic heterocycles. The molecule has 2 heterocycles. The Bertz CT molecular complexity index is 600. The maximum absolute atomic E-state index is 6.32. The zero-order chi connectivity index (χ0) is 14.1. The molecule has 0 saturated carbocycles. The van der Waals surface area contributed by atoms with E-state index in [1.807, 2.05) is 6.92 Å². The first kappa shape index (κ1) is 13.9. The van der Waals surface area contributed by atoms with E-state index in [0.717, 1.165) is 37.5 Å². The van der Waals surface area contributed by atoms with Crippen LogP contribution in [-0.2, 0) is 11.3 Å². The maximum Gasteiger partial charge on any atom is 0.127 e. The Morgan fingerprint density at radius 1 is 1.50 bits per heavy atom. The van der Waals surface area contributed by atoms with Crippen molar-refractivity contribution in [1.82, 2.24) is 9.55 Å². The second-order valence-corrected chi connectivity index (χ2v) is 6.35. The summed E-state index contributed by atoms with van der Waals surface area (Å²) in [5.74, 6) is 1.66. The molecule has 0 aliphatic carbocycles. The largest absolute Gasteiger partial charge is 0.381 e. The fourth-order valence-corrected chi connectivity index (χ4v) is 3.13. The molecule has 1 fully saturated rings. The Kier molecular flexibility index (Phi) is 3.99. The number of hydrogen-bond donors (Lipinski definition) is 0. The van der Waals surface area contributed by atoms with Gasteiger partial charge in [-0.25, -0.2) is 4.98 Å². The number of imidazole rings is 1. The van der Waals surface area contributed by atoms with Gasteiger partial charge in [0.05, 0.1) is 16.4 Å². The Labute approximate surface area is 124 Å². The Balaban J connectivity index is 1.94. The molecular formula is C16H21ClN2O. The monoisotopic (exact) mass is 292 g/mol. The third kappa shape index (κ3) is 2.57. The lowest BCUT2D eigenvalue weighted by atomic mass is 10.1. The summed E-state index contributed by atoms with van der Waals surface area (Å²) >= 11 is 6.32. The van der Waals surface area contributed by atoms with Gasteiger partial charge in [0.2, 0.25) is 0 Å². The average Bonchev–Trinajstić information content (AvgIpc) is 3.03. The molecule has 3 rings (SSSR count). The van der Waals surface area contributed by atoms with Crippen LogP contribution in [0.3, 0.4) is 0 Å². The van der Waals surface area contributed by atoms with E-state index in [9.17, 15) is 0 Å². The average molecular weight is 293 g/mol. The van der Waals surface area contributed by atoms with Gasteiger partial charge in [-0.05, 0) is 44.2 Å². The molecule has 0 amide bonds. The highest BCUT2D eigenvalue weighted by molar-refractivity contribution is 6.20. The fraction of sp³-hybridized carbons (Fsp3) is 0.562. The predicted molar refractivity (Wildman–Crippen MR) is 82.3 cm³/mol. The molecule has 4 heteroatoms. The number of benzene rings is 1. The lowest BCUT2D eigenvalue weighted by molar-refractivity contribution is 0.183.